The first-order chi connectivity index (χ1) is 6.70. The van der Waals surface area contributed by atoms with Gasteiger partial charge in [0, 0.05) is 19.8 Å². The highest BCUT2D eigenvalue weighted by molar-refractivity contribution is 5.96. The Morgan fingerprint density at radius 1 is 1.79 bits per heavy atom. The molecule has 1 aliphatic rings. The van der Waals surface area contributed by atoms with E-state index in [2.05, 4.69) is 10.4 Å². The van der Waals surface area contributed by atoms with Gasteiger partial charge in [0.15, 0.2) is 5.69 Å². The zero-order chi connectivity index (χ0) is 10.1. The fraction of sp³-hybridized carbons (Fsp3) is 0.556. The summed E-state index contributed by atoms with van der Waals surface area (Å²) in [4.78, 5) is 11.3. The molecule has 1 aliphatic carbocycles. The van der Waals surface area contributed by atoms with E-state index in [1.807, 2.05) is 0 Å². The Morgan fingerprint density at radius 2 is 2.50 bits per heavy atom. The van der Waals surface area contributed by atoms with E-state index in [1.165, 1.54) is 12.8 Å². The van der Waals surface area contributed by atoms with Crippen molar-refractivity contribution in [2.45, 2.75) is 19.4 Å². The number of hydrogen-bond donors (Lipinski definition) is 2. The zero-order valence-corrected chi connectivity index (χ0v) is 8.16. The number of amides is 1. The number of rotatable bonds is 3. The summed E-state index contributed by atoms with van der Waals surface area (Å²) in [7, 11) is 1.57. The van der Waals surface area contributed by atoms with E-state index in [-0.39, 0.29) is 5.91 Å². The number of nitrogens with one attached hydrogen (secondary N) is 1. The lowest BCUT2D eigenvalue weighted by Gasteiger charge is -1.97. The minimum Gasteiger partial charge on any atom is -0.396 e. The standard InChI is InChI=1S/C9H14N4O/c1-11-9(14)8-7(10)5-13(12-8)4-6-2-3-6/h5-6H,2-4,10H2,1H3,(H,11,14). The number of anilines is 1. The Hall–Kier alpha value is -1.52. The van der Waals surface area contributed by atoms with Gasteiger partial charge < -0.3 is 11.1 Å². The summed E-state index contributed by atoms with van der Waals surface area (Å²) in [6.07, 6.45) is 4.24. The summed E-state index contributed by atoms with van der Waals surface area (Å²) >= 11 is 0. The summed E-state index contributed by atoms with van der Waals surface area (Å²) in [5, 5.41) is 6.65. The molecule has 0 bridgehead atoms. The molecule has 14 heavy (non-hydrogen) atoms. The number of nitrogens with zero attached hydrogens (tertiary/aromatic N) is 2. The first-order valence-corrected chi connectivity index (χ1v) is 4.75. The molecule has 0 saturated heterocycles. The van der Waals surface area contributed by atoms with Crippen molar-refractivity contribution in [3.63, 3.8) is 0 Å². The number of carbonyl (C=O) groups is 1. The number of hydrogen-bond acceptors (Lipinski definition) is 3. The molecule has 2 rings (SSSR count). The van der Waals surface area contributed by atoms with Crippen molar-refractivity contribution in [3.8, 4) is 0 Å². The molecule has 0 aromatic carbocycles. The maximum absolute atomic E-state index is 11.3. The Morgan fingerprint density at radius 3 is 3.07 bits per heavy atom. The fourth-order valence-corrected chi connectivity index (χ4v) is 1.39. The Balaban J connectivity index is 2.15. The summed E-state index contributed by atoms with van der Waals surface area (Å²) in [5.74, 6) is 0.504. The molecule has 1 aromatic heterocycles. The summed E-state index contributed by atoms with van der Waals surface area (Å²) < 4.78 is 1.76. The lowest BCUT2D eigenvalue weighted by Crippen LogP contribution is -2.20. The average Bonchev–Trinajstić information content (AvgIpc) is 2.89. The van der Waals surface area contributed by atoms with Gasteiger partial charge in [-0.05, 0) is 18.8 Å². The second kappa shape index (κ2) is 3.32. The lowest BCUT2D eigenvalue weighted by molar-refractivity contribution is 0.0958. The van der Waals surface area contributed by atoms with Crippen LogP contribution < -0.4 is 11.1 Å². The van der Waals surface area contributed by atoms with Gasteiger partial charge in [-0.15, -0.1) is 0 Å². The molecule has 1 saturated carbocycles. The molecule has 0 atom stereocenters. The SMILES string of the molecule is CNC(=O)c1nn(CC2CC2)cc1N. The maximum Gasteiger partial charge on any atom is 0.273 e. The third-order valence-corrected chi connectivity index (χ3v) is 2.37. The summed E-state index contributed by atoms with van der Waals surface area (Å²) in [6, 6.07) is 0. The van der Waals surface area contributed by atoms with Gasteiger partial charge >= 0.3 is 0 Å². The minimum atomic E-state index is -0.225. The van der Waals surface area contributed by atoms with Crippen molar-refractivity contribution in [1.82, 2.24) is 15.1 Å². The van der Waals surface area contributed by atoms with Crippen LogP contribution in [-0.2, 0) is 6.54 Å². The van der Waals surface area contributed by atoms with Crippen LogP contribution in [0.1, 0.15) is 23.3 Å². The molecule has 0 aliphatic heterocycles. The molecule has 76 valence electrons. The van der Waals surface area contributed by atoms with Gasteiger partial charge in [-0.3, -0.25) is 9.48 Å². The van der Waals surface area contributed by atoms with E-state index in [0.29, 0.717) is 11.4 Å². The molecule has 0 spiro atoms. The van der Waals surface area contributed by atoms with Crippen LogP contribution in [-0.4, -0.2) is 22.7 Å². The summed E-state index contributed by atoms with van der Waals surface area (Å²) in [6.45, 7) is 0.876. The van der Waals surface area contributed by atoms with E-state index in [1.54, 1.807) is 17.9 Å². The van der Waals surface area contributed by atoms with Gasteiger partial charge in [-0.2, -0.15) is 5.10 Å². The van der Waals surface area contributed by atoms with Crippen LogP contribution >= 0.6 is 0 Å². The lowest BCUT2D eigenvalue weighted by atomic mass is 10.3. The molecule has 1 heterocycles. The molecule has 1 aromatic rings. The third-order valence-electron chi connectivity index (χ3n) is 2.37. The monoisotopic (exact) mass is 194 g/mol. The fourth-order valence-electron chi connectivity index (χ4n) is 1.39. The Kier molecular flexibility index (Phi) is 2.15. The van der Waals surface area contributed by atoms with Gasteiger partial charge in [-0.25, -0.2) is 0 Å². The minimum absolute atomic E-state index is 0.225. The predicted molar refractivity (Wildman–Crippen MR) is 52.8 cm³/mol. The first kappa shape index (κ1) is 9.05. The van der Waals surface area contributed by atoms with Gasteiger partial charge in [-0.1, -0.05) is 0 Å². The molecule has 0 radical (unpaired) electrons. The van der Waals surface area contributed by atoms with E-state index in [0.717, 1.165) is 12.5 Å². The molecule has 5 heteroatoms. The zero-order valence-electron chi connectivity index (χ0n) is 8.16. The average molecular weight is 194 g/mol. The molecule has 1 fully saturated rings. The van der Waals surface area contributed by atoms with E-state index in [9.17, 15) is 4.79 Å². The third kappa shape index (κ3) is 1.71. The topological polar surface area (TPSA) is 72.9 Å². The normalized spacial score (nSPS) is 15.5. The predicted octanol–water partition coefficient (Wildman–Crippen LogP) is 0.235. The van der Waals surface area contributed by atoms with Crippen LogP contribution in [0.5, 0.6) is 0 Å². The van der Waals surface area contributed by atoms with Crippen LogP contribution in [0.15, 0.2) is 6.20 Å². The molecular formula is C9H14N4O. The second-order valence-corrected chi connectivity index (χ2v) is 3.68. The van der Waals surface area contributed by atoms with Crippen molar-refractivity contribution in [3.05, 3.63) is 11.9 Å². The number of carbonyl (C=O) groups excluding carboxylic acids is 1. The summed E-state index contributed by atoms with van der Waals surface area (Å²) in [5.41, 5.74) is 6.45. The van der Waals surface area contributed by atoms with Crippen molar-refractivity contribution in [2.24, 2.45) is 5.92 Å². The highest BCUT2D eigenvalue weighted by Gasteiger charge is 2.23. The van der Waals surface area contributed by atoms with E-state index in [4.69, 9.17) is 5.73 Å². The molecule has 5 nitrogen and oxygen atoms in total. The number of aromatic nitrogens is 2. The number of nitrogens with two attached hydrogens (primary N) is 1. The first-order valence-electron chi connectivity index (χ1n) is 4.75. The largest absolute Gasteiger partial charge is 0.396 e. The quantitative estimate of drug-likeness (QED) is 0.723. The molecule has 1 amide bonds. The van der Waals surface area contributed by atoms with Gasteiger partial charge in [0.25, 0.3) is 5.91 Å². The molecule has 0 unspecified atom stereocenters. The Bertz CT molecular complexity index is 354. The van der Waals surface area contributed by atoms with Crippen molar-refractivity contribution in [1.29, 1.82) is 0 Å². The highest BCUT2D eigenvalue weighted by atomic mass is 16.1. The van der Waals surface area contributed by atoms with Gasteiger partial charge in [0.05, 0.1) is 5.69 Å². The smallest absolute Gasteiger partial charge is 0.273 e. The van der Waals surface area contributed by atoms with Crippen LogP contribution in [0.3, 0.4) is 0 Å². The van der Waals surface area contributed by atoms with Crippen molar-refractivity contribution >= 4 is 11.6 Å². The number of nitrogen functional groups attached to an aromatic ring is 1. The van der Waals surface area contributed by atoms with Crippen LogP contribution in [0.4, 0.5) is 5.69 Å². The maximum atomic E-state index is 11.3. The van der Waals surface area contributed by atoms with Crippen LogP contribution in [0.25, 0.3) is 0 Å². The molecule has 3 N–H and O–H groups in total. The second-order valence-electron chi connectivity index (χ2n) is 3.68. The molecular weight excluding hydrogens is 180 g/mol. The van der Waals surface area contributed by atoms with E-state index < -0.39 is 0 Å². The van der Waals surface area contributed by atoms with Crippen LogP contribution in [0.2, 0.25) is 0 Å². The van der Waals surface area contributed by atoms with E-state index >= 15 is 0 Å². The Labute approximate surface area is 82.3 Å². The van der Waals surface area contributed by atoms with Crippen LogP contribution in [0, 0.1) is 5.92 Å². The van der Waals surface area contributed by atoms with Crippen molar-refractivity contribution < 1.29 is 4.79 Å². The highest BCUT2D eigenvalue weighted by Crippen LogP contribution is 2.30. The van der Waals surface area contributed by atoms with Gasteiger partial charge in [0.2, 0.25) is 0 Å². The van der Waals surface area contributed by atoms with Gasteiger partial charge in [0.1, 0.15) is 0 Å². The van der Waals surface area contributed by atoms with Crippen molar-refractivity contribution in [2.75, 3.05) is 12.8 Å².